The normalized spacial score (nSPS) is 16.4. The van der Waals surface area contributed by atoms with Gasteiger partial charge in [-0.15, -0.1) is 0 Å². The van der Waals surface area contributed by atoms with Gasteiger partial charge in [0, 0.05) is 25.4 Å². The van der Waals surface area contributed by atoms with Crippen LogP contribution in [0.15, 0.2) is 18.3 Å². The molecular formula is C16H20ClN3O. The molecule has 1 fully saturated rings. The molecule has 0 aromatic carbocycles. The van der Waals surface area contributed by atoms with Crippen LogP contribution in [0, 0.1) is 5.92 Å². The van der Waals surface area contributed by atoms with E-state index in [4.69, 9.17) is 16.3 Å². The Hall–Kier alpha value is -1.55. The number of pyridine rings is 2. The number of nitrogens with zero attached hydrogens (tertiary/aromatic N) is 3. The van der Waals surface area contributed by atoms with Gasteiger partial charge in [0.1, 0.15) is 5.52 Å². The second-order valence-electron chi connectivity index (χ2n) is 5.51. The Morgan fingerprint density at radius 3 is 2.76 bits per heavy atom. The summed E-state index contributed by atoms with van der Waals surface area (Å²) in [6.07, 6.45) is 5.39. The van der Waals surface area contributed by atoms with Gasteiger partial charge in [-0.3, -0.25) is 4.98 Å². The van der Waals surface area contributed by atoms with Crippen LogP contribution in [0.25, 0.3) is 11.0 Å². The maximum absolute atomic E-state index is 6.42. The van der Waals surface area contributed by atoms with Crippen molar-refractivity contribution in [2.45, 2.75) is 26.2 Å². The van der Waals surface area contributed by atoms with Crippen LogP contribution in [-0.4, -0.2) is 30.2 Å². The van der Waals surface area contributed by atoms with E-state index in [1.54, 1.807) is 13.3 Å². The number of halogens is 1. The van der Waals surface area contributed by atoms with Crippen LogP contribution in [0.1, 0.15) is 26.2 Å². The van der Waals surface area contributed by atoms with E-state index in [9.17, 15) is 0 Å². The number of rotatable bonds is 3. The monoisotopic (exact) mass is 305 g/mol. The second-order valence-corrected chi connectivity index (χ2v) is 5.92. The SMILES string of the molecule is CCC1CCN(c2c(Cl)cnc3ccc(OC)nc23)CC1. The highest BCUT2D eigenvalue weighted by Gasteiger charge is 2.22. The van der Waals surface area contributed by atoms with Crippen molar-refractivity contribution in [3.05, 3.63) is 23.4 Å². The Balaban J connectivity index is 2.02. The van der Waals surface area contributed by atoms with Gasteiger partial charge in [0.15, 0.2) is 0 Å². The topological polar surface area (TPSA) is 38.2 Å². The minimum absolute atomic E-state index is 0.594. The number of anilines is 1. The number of piperidine rings is 1. The zero-order valence-electron chi connectivity index (χ0n) is 12.5. The molecular weight excluding hydrogens is 286 g/mol. The Morgan fingerprint density at radius 2 is 2.10 bits per heavy atom. The summed E-state index contributed by atoms with van der Waals surface area (Å²) < 4.78 is 5.24. The van der Waals surface area contributed by atoms with Gasteiger partial charge in [-0.1, -0.05) is 24.9 Å². The Kier molecular flexibility index (Phi) is 4.15. The van der Waals surface area contributed by atoms with E-state index in [2.05, 4.69) is 21.8 Å². The molecule has 0 N–H and O–H groups in total. The number of hydrogen-bond acceptors (Lipinski definition) is 4. The van der Waals surface area contributed by atoms with E-state index in [1.807, 2.05) is 12.1 Å². The van der Waals surface area contributed by atoms with Gasteiger partial charge in [-0.25, -0.2) is 4.98 Å². The van der Waals surface area contributed by atoms with Crippen LogP contribution >= 0.6 is 11.6 Å². The number of methoxy groups -OCH3 is 1. The fourth-order valence-electron chi connectivity index (χ4n) is 2.99. The van der Waals surface area contributed by atoms with Crippen LogP contribution < -0.4 is 9.64 Å². The van der Waals surface area contributed by atoms with Gasteiger partial charge < -0.3 is 9.64 Å². The average Bonchev–Trinajstić information content (AvgIpc) is 2.54. The molecule has 3 heterocycles. The molecule has 0 radical (unpaired) electrons. The van der Waals surface area contributed by atoms with Crippen molar-refractivity contribution in [2.24, 2.45) is 5.92 Å². The van der Waals surface area contributed by atoms with Gasteiger partial charge >= 0.3 is 0 Å². The van der Waals surface area contributed by atoms with Gasteiger partial charge in [0.25, 0.3) is 0 Å². The lowest BCUT2D eigenvalue weighted by atomic mass is 9.94. The third-order valence-corrected chi connectivity index (χ3v) is 4.61. The summed E-state index contributed by atoms with van der Waals surface area (Å²) in [5.74, 6) is 1.42. The Labute approximate surface area is 130 Å². The average molecular weight is 306 g/mol. The lowest BCUT2D eigenvalue weighted by Gasteiger charge is -2.34. The summed E-state index contributed by atoms with van der Waals surface area (Å²) in [6, 6.07) is 3.76. The van der Waals surface area contributed by atoms with Crippen molar-refractivity contribution in [3.8, 4) is 5.88 Å². The molecule has 112 valence electrons. The summed E-state index contributed by atoms with van der Waals surface area (Å²) in [4.78, 5) is 11.3. The van der Waals surface area contributed by atoms with E-state index >= 15 is 0 Å². The molecule has 21 heavy (non-hydrogen) atoms. The van der Waals surface area contributed by atoms with E-state index in [0.717, 1.165) is 35.7 Å². The van der Waals surface area contributed by atoms with Gasteiger partial charge in [0.2, 0.25) is 5.88 Å². The highest BCUT2D eigenvalue weighted by molar-refractivity contribution is 6.34. The Bertz CT molecular complexity index is 639. The number of fused-ring (bicyclic) bond motifs is 1. The predicted molar refractivity (Wildman–Crippen MR) is 86.3 cm³/mol. The van der Waals surface area contributed by atoms with Crippen molar-refractivity contribution >= 4 is 28.3 Å². The van der Waals surface area contributed by atoms with Gasteiger partial charge in [-0.2, -0.15) is 0 Å². The van der Waals surface area contributed by atoms with Crippen LogP contribution in [0.5, 0.6) is 5.88 Å². The highest BCUT2D eigenvalue weighted by atomic mass is 35.5. The summed E-state index contributed by atoms with van der Waals surface area (Å²) in [5, 5.41) is 0.665. The molecule has 4 nitrogen and oxygen atoms in total. The summed E-state index contributed by atoms with van der Waals surface area (Å²) in [6.45, 7) is 4.31. The lowest BCUT2D eigenvalue weighted by Crippen LogP contribution is -2.34. The van der Waals surface area contributed by atoms with Crippen LogP contribution in [0.2, 0.25) is 5.02 Å². The summed E-state index contributed by atoms with van der Waals surface area (Å²) >= 11 is 6.42. The molecule has 0 atom stereocenters. The first kappa shape index (κ1) is 14.4. The van der Waals surface area contributed by atoms with E-state index in [1.165, 1.54) is 19.3 Å². The van der Waals surface area contributed by atoms with Gasteiger partial charge in [-0.05, 0) is 24.8 Å². The number of ether oxygens (including phenoxy) is 1. The van der Waals surface area contributed by atoms with E-state index in [-0.39, 0.29) is 0 Å². The van der Waals surface area contributed by atoms with Crippen LogP contribution in [0.4, 0.5) is 5.69 Å². The maximum atomic E-state index is 6.42. The zero-order chi connectivity index (χ0) is 14.8. The van der Waals surface area contributed by atoms with E-state index in [0.29, 0.717) is 10.9 Å². The van der Waals surface area contributed by atoms with Crippen LogP contribution in [-0.2, 0) is 0 Å². The van der Waals surface area contributed by atoms with Crippen molar-refractivity contribution in [1.82, 2.24) is 9.97 Å². The third-order valence-electron chi connectivity index (χ3n) is 4.33. The molecule has 1 aliphatic rings. The van der Waals surface area contributed by atoms with Gasteiger partial charge in [0.05, 0.1) is 23.3 Å². The Morgan fingerprint density at radius 1 is 1.33 bits per heavy atom. The van der Waals surface area contributed by atoms with Crippen molar-refractivity contribution in [2.75, 3.05) is 25.1 Å². The molecule has 1 aliphatic heterocycles. The molecule has 0 bridgehead atoms. The van der Waals surface area contributed by atoms with E-state index < -0.39 is 0 Å². The lowest BCUT2D eigenvalue weighted by molar-refractivity contribution is 0.394. The fourth-order valence-corrected chi connectivity index (χ4v) is 3.25. The molecule has 2 aromatic rings. The highest BCUT2D eigenvalue weighted by Crippen LogP contribution is 2.35. The zero-order valence-corrected chi connectivity index (χ0v) is 13.2. The fraction of sp³-hybridized carbons (Fsp3) is 0.500. The first-order chi connectivity index (χ1) is 10.2. The first-order valence-electron chi connectivity index (χ1n) is 7.47. The first-order valence-corrected chi connectivity index (χ1v) is 7.85. The molecule has 0 unspecified atom stereocenters. The maximum Gasteiger partial charge on any atom is 0.213 e. The quantitative estimate of drug-likeness (QED) is 0.861. The largest absolute Gasteiger partial charge is 0.481 e. The molecule has 0 saturated carbocycles. The number of hydrogen-bond donors (Lipinski definition) is 0. The minimum Gasteiger partial charge on any atom is -0.481 e. The molecule has 0 aliphatic carbocycles. The minimum atomic E-state index is 0.594. The molecule has 0 spiro atoms. The number of aromatic nitrogens is 2. The van der Waals surface area contributed by atoms with Crippen molar-refractivity contribution < 1.29 is 4.74 Å². The van der Waals surface area contributed by atoms with Crippen molar-refractivity contribution in [1.29, 1.82) is 0 Å². The second kappa shape index (κ2) is 6.06. The van der Waals surface area contributed by atoms with Crippen LogP contribution in [0.3, 0.4) is 0 Å². The molecule has 1 saturated heterocycles. The predicted octanol–water partition coefficient (Wildman–Crippen LogP) is 3.92. The molecule has 5 heteroatoms. The molecule has 2 aromatic heterocycles. The third kappa shape index (κ3) is 2.77. The van der Waals surface area contributed by atoms with Crippen molar-refractivity contribution in [3.63, 3.8) is 0 Å². The summed E-state index contributed by atoms with van der Waals surface area (Å²) in [7, 11) is 1.62. The molecule has 0 amide bonds. The molecule has 3 rings (SSSR count). The standard InChI is InChI=1S/C16H20ClN3O/c1-3-11-6-8-20(9-7-11)16-12(17)10-18-13-4-5-14(21-2)19-15(13)16/h4-5,10-11H,3,6-9H2,1-2H3. The summed E-state index contributed by atoms with van der Waals surface area (Å²) in [5.41, 5.74) is 2.68. The smallest absolute Gasteiger partial charge is 0.213 e.